The Kier molecular flexibility index (Phi) is 7.18. The van der Waals surface area contributed by atoms with Crippen molar-refractivity contribution >= 4 is 0 Å². The van der Waals surface area contributed by atoms with Crippen LogP contribution in [-0.4, -0.2) is 51.5 Å². The minimum atomic E-state index is 0.369. The van der Waals surface area contributed by atoms with E-state index in [-0.39, 0.29) is 0 Å². The van der Waals surface area contributed by atoms with E-state index in [0.29, 0.717) is 12.1 Å². The number of methoxy groups -OCH3 is 2. The number of hydrogen-bond donors (Lipinski definition) is 0. The number of nitrogens with zero attached hydrogens (tertiary/aromatic N) is 1. The molecule has 0 bridgehead atoms. The molecule has 0 N–H and O–H groups in total. The highest BCUT2D eigenvalue weighted by Crippen LogP contribution is 2.28. The van der Waals surface area contributed by atoms with Gasteiger partial charge in [-0.2, -0.15) is 0 Å². The molecular weight excluding hydrogens is 290 g/mol. The molecule has 0 aromatic heterocycles. The summed E-state index contributed by atoms with van der Waals surface area (Å²) in [5.41, 5.74) is 1.22. The average molecular weight is 321 g/mol. The Morgan fingerprint density at radius 1 is 1.09 bits per heavy atom. The largest absolute Gasteiger partial charge is 0.493 e. The van der Waals surface area contributed by atoms with E-state index in [0.717, 1.165) is 31.1 Å². The summed E-state index contributed by atoms with van der Waals surface area (Å²) in [6, 6.07) is 6.65. The molecule has 2 unspecified atom stereocenters. The molecule has 4 nitrogen and oxygen atoms in total. The number of rotatable bonds is 8. The van der Waals surface area contributed by atoms with Gasteiger partial charge < -0.3 is 19.1 Å². The molecule has 1 aromatic rings. The molecule has 1 saturated carbocycles. The molecule has 2 rings (SSSR count). The van der Waals surface area contributed by atoms with E-state index in [9.17, 15) is 0 Å². The second-order valence-corrected chi connectivity index (χ2v) is 6.27. The Hall–Kier alpha value is -1.26. The Labute approximate surface area is 140 Å². The van der Waals surface area contributed by atoms with Gasteiger partial charge in [0.1, 0.15) is 0 Å². The zero-order valence-corrected chi connectivity index (χ0v) is 15.0. The van der Waals surface area contributed by atoms with Gasteiger partial charge in [0.05, 0.1) is 26.9 Å². The van der Waals surface area contributed by atoms with Crippen LogP contribution in [0, 0.1) is 0 Å². The van der Waals surface area contributed by atoms with Crippen LogP contribution in [-0.2, 0) is 11.2 Å². The van der Waals surface area contributed by atoms with Gasteiger partial charge >= 0.3 is 0 Å². The van der Waals surface area contributed by atoms with E-state index in [1.165, 1.54) is 31.2 Å². The predicted molar refractivity (Wildman–Crippen MR) is 93.6 cm³/mol. The van der Waals surface area contributed by atoms with E-state index in [1.54, 1.807) is 14.2 Å². The summed E-state index contributed by atoms with van der Waals surface area (Å²) in [5.74, 6) is 1.56. The molecule has 1 aliphatic carbocycles. The topological polar surface area (TPSA) is 30.9 Å². The second kappa shape index (κ2) is 9.14. The highest BCUT2D eigenvalue weighted by atomic mass is 16.5. The fourth-order valence-corrected chi connectivity index (χ4v) is 3.37. The van der Waals surface area contributed by atoms with Crippen LogP contribution in [0.15, 0.2) is 18.2 Å². The maximum atomic E-state index is 6.24. The summed E-state index contributed by atoms with van der Waals surface area (Å²) >= 11 is 0. The van der Waals surface area contributed by atoms with Crippen molar-refractivity contribution in [3.05, 3.63) is 23.8 Å². The molecule has 0 amide bonds. The van der Waals surface area contributed by atoms with Crippen LogP contribution in [0.5, 0.6) is 11.5 Å². The monoisotopic (exact) mass is 321 g/mol. The SMILES string of the molecule is CCN(C)C1CCCCC1OCCc1ccc(OC)c(OC)c1. The first-order valence-corrected chi connectivity index (χ1v) is 8.72. The molecular formula is C19H31NO3. The van der Waals surface area contributed by atoms with Crippen molar-refractivity contribution in [2.24, 2.45) is 0 Å². The normalized spacial score (nSPS) is 21.4. The lowest BCUT2D eigenvalue weighted by Crippen LogP contribution is -2.44. The van der Waals surface area contributed by atoms with E-state index in [1.807, 2.05) is 12.1 Å². The lowest BCUT2D eigenvalue weighted by atomic mass is 9.91. The third-order valence-corrected chi connectivity index (χ3v) is 4.90. The van der Waals surface area contributed by atoms with Gasteiger partial charge in [-0.1, -0.05) is 25.8 Å². The molecule has 0 aliphatic heterocycles. The van der Waals surface area contributed by atoms with Gasteiger partial charge in [0, 0.05) is 6.04 Å². The first-order valence-electron chi connectivity index (χ1n) is 8.72. The molecule has 4 heteroatoms. The van der Waals surface area contributed by atoms with Crippen molar-refractivity contribution in [2.45, 2.75) is 51.2 Å². The number of likely N-dealkylation sites (N-methyl/N-ethyl adjacent to an activating group) is 1. The molecule has 1 fully saturated rings. The first-order chi connectivity index (χ1) is 11.2. The van der Waals surface area contributed by atoms with Gasteiger partial charge in [0.2, 0.25) is 0 Å². The van der Waals surface area contributed by atoms with Crippen LogP contribution in [0.4, 0.5) is 0 Å². The van der Waals surface area contributed by atoms with Gasteiger partial charge in [-0.25, -0.2) is 0 Å². The fraction of sp³-hybridized carbons (Fsp3) is 0.684. The van der Waals surface area contributed by atoms with Crippen LogP contribution >= 0.6 is 0 Å². The third kappa shape index (κ3) is 4.85. The summed E-state index contributed by atoms with van der Waals surface area (Å²) in [6.45, 7) is 4.06. The van der Waals surface area contributed by atoms with Gasteiger partial charge in [-0.05, 0) is 50.6 Å². The predicted octanol–water partition coefficient (Wildman–Crippen LogP) is 3.53. The van der Waals surface area contributed by atoms with Crippen LogP contribution in [0.25, 0.3) is 0 Å². The number of ether oxygens (including phenoxy) is 3. The summed E-state index contributed by atoms with van der Waals surface area (Å²) in [4.78, 5) is 2.43. The summed E-state index contributed by atoms with van der Waals surface area (Å²) in [7, 11) is 5.54. The maximum Gasteiger partial charge on any atom is 0.160 e. The van der Waals surface area contributed by atoms with Crippen molar-refractivity contribution in [3.63, 3.8) is 0 Å². The third-order valence-electron chi connectivity index (χ3n) is 4.90. The Balaban J connectivity index is 1.88. The number of benzene rings is 1. The molecule has 0 radical (unpaired) electrons. The minimum absolute atomic E-state index is 0.369. The molecule has 130 valence electrons. The smallest absolute Gasteiger partial charge is 0.160 e. The van der Waals surface area contributed by atoms with Gasteiger partial charge in [-0.15, -0.1) is 0 Å². The minimum Gasteiger partial charge on any atom is -0.493 e. The van der Waals surface area contributed by atoms with Crippen molar-refractivity contribution in [1.29, 1.82) is 0 Å². The lowest BCUT2D eigenvalue weighted by Gasteiger charge is -2.37. The summed E-state index contributed by atoms with van der Waals surface area (Å²) < 4.78 is 16.9. The van der Waals surface area contributed by atoms with E-state index >= 15 is 0 Å². The Morgan fingerprint density at radius 3 is 2.52 bits per heavy atom. The van der Waals surface area contributed by atoms with E-state index in [2.05, 4.69) is 24.9 Å². The van der Waals surface area contributed by atoms with Crippen molar-refractivity contribution in [1.82, 2.24) is 4.90 Å². The standard InChI is InChI=1S/C19H31NO3/c1-5-20(2)16-8-6-7-9-17(16)23-13-12-15-10-11-18(21-3)19(14-15)22-4/h10-11,14,16-17H,5-9,12-13H2,1-4H3. The van der Waals surface area contributed by atoms with E-state index < -0.39 is 0 Å². The van der Waals surface area contributed by atoms with E-state index in [4.69, 9.17) is 14.2 Å². The Bertz CT molecular complexity index is 478. The lowest BCUT2D eigenvalue weighted by molar-refractivity contribution is -0.0269. The quantitative estimate of drug-likeness (QED) is 0.733. The Morgan fingerprint density at radius 2 is 1.83 bits per heavy atom. The molecule has 0 saturated heterocycles. The highest BCUT2D eigenvalue weighted by molar-refractivity contribution is 5.42. The molecule has 2 atom stereocenters. The second-order valence-electron chi connectivity index (χ2n) is 6.27. The van der Waals surface area contributed by atoms with Crippen LogP contribution in [0.3, 0.4) is 0 Å². The molecule has 1 aromatic carbocycles. The fourth-order valence-electron chi connectivity index (χ4n) is 3.37. The van der Waals surface area contributed by atoms with Gasteiger partial charge in [0.15, 0.2) is 11.5 Å². The van der Waals surface area contributed by atoms with Gasteiger partial charge in [0.25, 0.3) is 0 Å². The molecule has 23 heavy (non-hydrogen) atoms. The van der Waals surface area contributed by atoms with Crippen LogP contribution in [0.1, 0.15) is 38.2 Å². The van der Waals surface area contributed by atoms with Crippen LogP contribution < -0.4 is 9.47 Å². The molecule has 0 spiro atoms. The average Bonchev–Trinajstić information content (AvgIpc) is 2.61. The highest BCUT2D eigenvalue weighted by Gasteiger charge is 2.28. The zero-order chi connectivity index (χ0) is 16.7. The van der Waals surface area contributed by atoms with Crippen LogP contribution in [0.2, 0.25) is 0 Å². The summed E-state index contributed by atoms with van der Waals surface area (Å²) in [6.07, 6.45) is 6.32. The number of hydrogen-bond acceptors (Lipinski definition) is 4. The van der Waals surface area contributed by atoms with Gasteiger partial charge in [-0.3, -0.25) is 0 Å². The summed E-state index contributed by atoms with van der Waals surface area (Å²) in [5, 5.41) is 0. The van der Waals surface area contributed by atoms with Crippen molar-refractivity contribution in [3.8, 4) is 11.5 Å². The molecule has 0 heterocycles. The van der Waals surface area contributed by atoms with Crippen molar-refractivity contribution in [2.75, 3.05) is 34.4 Å². The van der Waals surface area contributed by atoms with Crippen molar-refractivity contribution < 1.29 is 14.2 Å². The molecule has 1 aliphatic rings. The maximum absolute atomic E-state index is 6.24. The zero-order valence-electron chi connectivity index (χ0n) is 15.0. The first kappa shape index (κ1) is 18.1.